The Bertz CT molecular complexity index is 4770. The minimum Gasteiger partial charge on any atom is -0.481 e. The maximum absolute atomic E-state index is 13.6. The van der Waals surface area contributed by atoms with Crippen LogP contribution in [0.25, 0.3) is 0 Å². The first-order valence-corrected chi connectivity index (χ1v) is 39.3. The number of likely N-dealkylation sites (N-methyl/N-ethyl adjacent to an activating group) is 1. The maximum Gasteiger partial charge on any atom is 0.303 e. The number of fused-ring (bicyclic) bond motifs is 4. The standard InChI is InChI=1S/C74H88N6O16S4/c1-10-77-60-37-33-53(98(88,89)90)45-57(60)72(4,5)64(77)22-14-11-15-23-65-73(6,7)58-46-54(99(91,92)93)34-38-62(58)78(65)40-18-12-16-26-68(81)75-48-50-28-31-52(32-29-50)70(84)76-49-51-30-36-61-56(44-51)71(2,3)66(80(61)42-21-43-97(85,86)87)24-20-25-67-74(8,9)59-47-55(100(94,95)96)35-39-63(59)79(67)41-19-13-17-27-69(82)83/h11,14-15,20,22-25,28-39,44-47H,10,12-13,16-19,21,26-27,40-43,48-49H2,1-9H3,(H5-2,75,76,81,82,83,84,85,86,87,88,89,90,91,92,93,94,95,96)/p+2. The van der Waals surface area contributed by atoms with Gasteiger partial charge in [0.05, 0.1) is 31.3 Å². The van der Waals surface area contributed by atoms with Crippen LogP contribution in [0.3, 0.4) is 0 Å². The fourth-order valence-electron chi connectivity index (χ4n) is 14.1. The Hall–Kier alpha value is -8.21. The van der Waals surface area contributed by atoms with E-state index in [9.17, 15) is 71.4 Å². The van der Waals surface area contributed by atoms with Crippen molar-refractivity contribution in [3.05, 3.63) is 196 Å². The Balaban J connectivity index is 0.808. The van der Waals surface area contributed by atoms with E-state index in [4.69, 9.17) is 0 Å². The van der Waals surface area contributed by atoms with Gasteiger partial charge in [0.2, 0.25) is 17.3 Å². The summed E-state index contributed by atoms with van der Waals surface area (Å²) in [6.07, 6.45) is 19.7. The molecular weight excluding hydrogens is 1360 g/mol. The van der Waals surface area contributed by atoms with E-state index in [1.165, 1.54) is 36.4 Å². The second-order valence-corrected chi connectivity index (χ2v) is 33.6. The second kappa shape index (κ2) is 29.8. The van der Waals surface area contributed by atoms with Gasteiger partial charge in [0, 0.05) is 126 Å². The Morgan fingerprint density at radius 3 is 1.47 bits per heavy atom. The van der Waals surface area contributed by atoms with Crippen LogP contribution in [0, 0.1) is 0 Å². The Morgan fingerprint density at radius 1 is 0.480 bits per heavy atom. The number of carboxylic acid groups (broad SMARTS) is 1. The first kappa shape index (κ1) is 76.0. The van der Waals surface area contributed by atoms with Crippen LogP contribution >= 0.6 is 0 Å². The zero-order valence-electron chi connectivity index (χ0n) is 57.8. The number of nitrogens with zero attached hydrogens (tertiary/aromatic N) is 4. The molecule has 9 rings (SSSR count). The highest BCUT2D eigenvalue weighted by Crippen LogP contribution is 2.50. The summed E-state index contributed by atoms with van der Waals surface area (Å²) in [6.45, 7) is 20.4. The molecule has 5 aromatic rings. The highest BCUT2D eigenvalue weighted by Gasteiger charge is 2.47. The predicted octanol–water partition coefficient (Wildman–Crippen LogP) is 12.0. The lowest BCUT2D eigenvalue weighted by atomic mass is 9.81. The summed E-state index contributed by atoms with van der Waals surface area (Å²) in [7, 11) is -17.7. The van der Waals surface area contributed by atoms with Gasteiger partial charge in [-0.1, -0.05) is 76.3 Å². The predicted molar refractivity (Wildman–Crippen MR) is 386 cm³/mol. The molecule has 2 amide bonds. The Morgan fingerprint density at radius 2 is 0.940 bits per heavy atom. The highest BCUT2D eigenvalue weighted by molar-refractivity contribution is 7.86. The van der Waals surface area contributed by atoms with Crippen LogP contribution in [0.4, 0.5) is 22.7 Å². The van der Waals surface area contributed by atoms with Crippen molar-refractivity contribution in [3.8, 4) is 0 Å². The largest absolute Gasteiger partial charge is 0.481 e. The number of unbranched alkanes of at least 4 members (excludes halogenated alkanes) is 4. The Kier molecular flexibility index (Phi) is 22.6. The summed E-state index contributed by atoms with van der Waals surface area (Å²) >= 11 is 0. The molecule has 0 aromatic heterocycles. The van der Waals surface area contributed by atoms with E-state index in [0.717, 1.165) is 73.4 Å². The van der Waals surface area contributed by atoms with E-state index in [2.05, 4.69) is 24.7 Å². The minimum absolute atomic E-state index is 0.0404. The van der Waals surface area contributed by atoms with Gasteiger partial charge in [-0.3, -0.25) is 32.6 Å². The number of rotatable bonds is 30. The van der Waals surface area contributed by atoms with Gasteiger partial charge in [0.25, 0.3) is 46.4 Å². The molecule has 0 saturated heterocycles. The van der Waals surface area contributed by atoms with Crippen LogP contribution in [0.5, 0.6) is 0 Å². The number of anilines is 2. The van der Waals surface area contributed by atoms with Crippen LogP contribution < -0.4 is 20.4 Å². The topological polar surface area (TPSA) is 325 Å². The number of aliphatic carboxylic acids is 1. The third kappa shape index (κ3) is 16.9. The van der Waals surface area contributed by atoms with Crippen molar-refractivity contribution in [1.82, 2.24) is 10.6 Å². The summed E-state index contributed by atoms with van der Waals surface area (Å²) < 4.78 is 141. The molecule has 0 saturated carbocycles. The van der Waals surface area contributed by atoms with Crippen molar-refractivity contribution in [2.45, 2.75) is 170 Å². The molecule has 0 spiro atoms. The summed E-state index contributed by atoms with van der Waals surface area (Å²) in [6, 6.07) is 26.5. The van der Waals surface area contributed by atoms with E-state index in [-0.39, 0.29) is 65.4 Å². The molecule has 0 unspecified atom stereocenters. The molecule has 100 heavy (non-hydrogen) atoms. The first-order chi connectivity index (χ1) is 46.8. The van der Waals surface area contributed by atoms with E-state index in [0.29, 0.717) is 69.3 Å². The number of benzene rings is 5. The smallest absolute Gasteiger partial charge is 0.303 e. The van der Waals surface area contributed by atoms with Gasteiger partial charge in [0.15, 0.2) is 11.4 Å². The van der Waals surface area contributed by atoms with E-state index in [1.807, 2.05) is 134 Å². The zero-order valence-corrected chi connectivity index (χ0v) is 61.1. The average Bonchev–Trinajstić information content (AvgIpc) is 1.61. The number of carbonyl (C=O) groups is 3. The Labute approximate surface area is 587 Å². The normalized spacial score (nSPS) is 17.7. The van der Waals surface area contributed by atoms with Gasteiger partial charge in [-0.15, -0.1) is 0 Å². The van der Waals surface area contributed by atoms with Crippen molar-refractivity contribution in [3.63, 3.8) is 0 Å². The average molecular weight is 1450 g/mol. The first-order valence-electron chi connectivity index (χ1n) is 33.4. The van der Waals surface area contributed by atoms with E-state index in [1.54, 1.807) is 42.5 Å². The number of carboxylic acids is 1. The maximum atomic E-state index is 13.6. The molecule has 4 aliphatic heterocycles. The summed E-state index contributed by atoms with van der Waals surface area (Å²) in [5, 5.41) is 15.2. The SMILES string of the molecule is CCN1C(=CC=CC=CC2=[N+](CCCCCC(=O)NCc3ccc(C(=O)NCc4ccc5c(c4)C(C)(C)C(=CC=CC4=[N+](CCCCCC(=O)O)c6ccc(S(=O)(=O)O)cc6C4(C)C)N5CCCS(=O)(=O)O)cc3)c3ccc(S(=O)(=O)O)cc3C2(C)C)C(C)(C)c2cc(S(=O)(=O)O)ccc21. The number of nitrogens with one attached hydrogen (secondary N) is 2. The lowest BCUT2D eigenvalue weighted by Gasteiger charge is -2.27. The monoisotopic (exact) mass is 1450 g/mol. The second-order valence-electron chi connectivity index (χ2n) is 27.8. The molecule has 5 aromatic carbocycles. The van der Waals surface area contributed by atoms with Gasteiger partial charge in [-0.05, 0) is 162 Å². The van der Waals surface area contributed by atoms with Crippen molar-refractivity contribution >= 4 is 92.4 Å². The van der Waals surface area contributed by atoms with Gasteiger partial charge < -0.3 is 25.5 Å². The van der Waals surface area contributed by atoms with Gasteiger partial charge in [-0.2, -0.15) is 42.8 Å². The quantitative estimate of drug-likeness (QED) is 0.00972. The van der Waals surface area contributed by atoms with Crippen LogP contribution in [0.2, 0.25) is 0 Å². The van der Waals surface area contributed by atoms with Crippen molar-refractivity contribution in [1.29, 1.82) is 0 Å². The third-order valence-electron chi connectivity index (χ3n) is 19.5. The van der Waals surface area contributed by atoms with Crippen molar-refractivity contribution in [2.75, 3.05) is 41.7 Å². The third-order valence-corrected chi connectivity index (χ3v) is 22.8. The van der Waals surface area contributed by atoms with Gasteiger partial charge in [0.1, 0.15) is 13.1 Å². The van der Waals surface area contributed by atoms with E-state index >= 15 is 0 Å². The number of allylic oxidation sites excluding steroid dienone is 10. The molecule has 4 aliphatic rings. The molecule has 534 valence electrons. The molecule has 0 bridgehead atoms. The summed E-state index contributed by atoms with van der Waals surface area (Å²) in [4.78, 5) is 41.5. The highest BCUT2D eigenvalue weighted by atomic mass is 32.2. The van der Waals surface area contributed by atoms with Crippen LogP contribution in [-0.4, -0.2) is 127 Å². The van der Waals surface area contributed by atoms with Crippen LogP contribution in [-0.2, 0) is 84.8 Å². The molecular formula is C74H90N6O16S4+2. The fraction of sp³-hybridized carbons (Fsp3) is 0.392. The lowest BCUT2D eigenvalue weighted by Crippen LogP contribution is -2.29. The lowest BCUT2D eigenvalue weighted by molar-refractivity contribution is -0.438. The van der Waals surface area contributed by atoms with Crippen molar-refractivity contribution < 1.29 is 80.5 Å². The number of hydrogen-bond donors (Lipinski definition) is 7. The van der Waals surface area contributed by atoms with Gasteiger partial charge >= 0.3 is 5.97 Å². The molecule has 0 radical (unpaired) electrons. The molecule has 0 aliphatic carbocycles. The fourth-order valence-corrected chi connectivity index (χ4v) is 16.2. The van der Waals surface area contributed by atoms with E-state index < -0.39 is 73.9 Å². The summed E-state index contributed by atoms with van der Waals surface area (Å²) in [5.41, 5.74) is 9.22. The zero-order chi connectivity index (χ0) is 73.1. The molecule has 0 fully saturated rings. The molecule has 22 nitrogen and oxygen atoms in total. The molecule has 7 N–H and O–H groups in total. The molecule has 0 atom stereocenters. The van der Waals surface area contributed by atoms with Crippen LogP contribution in [0.1, 0.15) is 164 Å². The number of carbonyl (C=O) groups excluding carboxylic acids is 2. The molecule has 4 heterocycles. The van der Waals surface area contributed by atoms with Gasteiger partial charge in [-0.25, -0.2) is 0 Å². The van der Waals surface area contributed by atoms with Crippen molar-refractivity contribution in [2.24, 2.45) is 0 Å². The molecule has 26 heteroatoms. The number of amides is 2. The number of hydrogen-bond acceptors (Lipinski definition) is 13. The summed E-state index contributed by atoms with van der Waals surface area (Å²) in [5.74, 6) is -1.78. The minimum atomic E-state index is -4.51. The van der Waals surface area contributed by atoms with Crippen LogP contribution in [0.15, 0.2) is 172 Å².